The summed E-state index contributed by atoms with van der Waals surface area (Å²) in [6.07, 6.45) is 7.76. The van der Waals surface area contributed by atoms with Crippen molar-refractivity contribution in [3.05, 3.63) is 82.7 Å². The van der Waals surface area contributed by atoms with Gasteiger partial charge in [-0.2, -0.15) is 0 Å². The topological polar surface area (TPSA) is 131 Å². The smallest absolute Gasteiger partial charge is 0.255 e. The monoisotopic (exact) mass is 651 g/mol. The van der Waals surface area contributed by atoms with Gasteiger partial charge in [-0.05, 0) is 78.5 Å². The van der Waals surface area contributed by atoms with Crippen molar-refractivity contribution in [3.63, 3.8) is 0 Å². The molecule has 2 atom stereocenters. The van der Waals surface area contributed by atoms with Gasteiger partial charge in [0.2, 0.25) is 17.8 Å². The van der Waals surface area contributed by atoms with E-state index in [4.69, 9.17) is 0 Å². The van der Waals surface area contributed by atoms with E-state index in [0.717, 1.165) is 62.3 Å². The molecule has 1 unspecified atom stereocenters. The number of fused-ring (bicyclic) bond motifs is 1. The van der Waals surface area contributed by atoms with Crippen LogP contribution in [0.2, 0.25) is 0 Å². The van der Waals surface area contributed by atoms with E-state index in [1.165, 1.54) is 11.3 Å². The van der Waals surface area contributed by atoms with E-state index in [-0.39, 0.29) is 24.3 Å². The number of rotatable bonds is 8. The Hall–Kier alpha value is -4.35. The summed E-state index contributed by atoms with van der Waals surface area (Å²) in [6, 6.07) is 14.0. The highest BCUT2D eigenvalue weighted by Crippen LogP contribution is 2.37. The van der Waals surface area contributed by atoms with Gasteiger partial charge in [-0.25, -0.2) is 9.97 Å². The third-order valence-electron chi connectivity index (χ3n) is 10.5. The normalized spacial score (nSPS) is 23.0. The van der Waals surface area contributed by atoms with Crippen molar-refractivity contribution in [1.29, 1.82) is 0 Å². The molecule has 0 saturated carbocycles. The summed E-state index contributed by atoms with van der Waals surface area (Å²) in [7, 11) is 0. The van der Waals surface area contributed by atoms with Gasteiger partial charge >= 0.3 is 0 Å². The highest BCUT2D eigenvalue weighted by atomic mass is 16.3. The Kier molecular flexibility index (Phi) is 8.91. The first kappa shape index (κ1) is 32.2. The van der Waals surface area contributed by atoms with Crippen molar-refractivity contribution in [2.24, 2.45) is 0 Å². The summed E-state index contributed by atoms with van der Waals surface area (Å²) in [5.74, 6) is 0.184. The van der Waals surface area contributed by atoms with Gasteiger partial charge in [0.05, 0.1) is 5.60 Å². The van der Waals surface area contributed by atoms with Crippen LogP contribution in [0.15, 0.2) is 54.9 Å². The number of nitrogens with zero attached hydrogens (tertiary/aromatic N) is 5. The Balaban J connectivity index is 0.943. The molecular weight excluding hydrogens is 606 g/mol. The maximum atomic E-state index is 13.1. The molecule has 3 amide bonds. The lowest BCUT2D eigenvalue weighted by atomic mass is 9.83. The van der Waals surface area contributed by atoms with Crippen LogP contribution < -0.4 is 15.5 Å². The molecule has 0 bridgehead atoms. The van der Waals surface area contributed by atoms with Crippen molar-refractivity contribution >= 4 is 29.4 Å². The zero-order valence-corrected chi connectivity index (χ0v) is 27.8. The van der Waals surface area contributed by atoms with E-state index >= 15 is 0 Å². The molecule has 252 valence electrons. The van der Waals surface area contributed by atoms with Gasteiger partial charge in [0, 0.05) is 75.4 Å². The molecule has 7 rings (SSSR count). The van der Waals surface area contributed by atoms with Crippen LogP contribution in [-0.2, 0) is 28.3 Å². The van der Waals surface area contributed by atoms with Crippen LogP contribution in [0.25, 0.3) is 0 Å². The predicted octanol–water partition coefficient (Wildman–Crippen LogP) is 3.93. The number of benzene rings is 2. The lowest BCUT2D eigenvalue weighted by molar-refractivity contribution is -0.136. The van der Waals surface area contributed by atoms with E-state index in [2.05, 4.69) is 68.5 Å². The first-order valence-corrected chi connectivity index (χ1v) is 17.3. The summed E-state index contributed by atoms with van der Waals surface area (Å²) < 4.78 is 0. The molecule has 4 aliphatic rings. The van der Waals surface area contributed by atoms with E-state index in [1.54, 1.807) is 11.0 Å². The Labute approximate surface area is 281 Å². The fourth-order valence-electron chi connectivity index (χ4n) is 7.57. The molecule has 2 aromatic carbocycles. The van der Waals surface area contributed by atoms with Gasteiger partial charge in [-0.3, -0.25) is 24.6 Å². The number of likely N-dealkylation sites (tertiary alicyclic amines) is 1. The van der Waals surface area contributed by atoms with Gasteiger partial charge in [0.1, 0.15) is 6.04 Å². The van der Waals surface area contributed by atoms with E-state index in [1.807, 2.05) is 24.5 Å². The lowest BCUT2D eigenvalue weighted by Crippen LogP contribution is -2.52. The summed E-state index contributed by atoms with van der Waals surface area (Å²) in [5, 5.41) is 17.6. The molecule has 3 N–H and O–H groups in total. The Morgan fingerprint density at radius 1 is 1.02 bits per heavy atom. The lowest BCUT2D eigenvalue weighted by Gasteiger charge is -2.39. The molecule has 3 saturated heterocycles. The number of imide groups is 1. The van der Waals surface area contributed by atoms with Gasteiger partial charge in [0.15, 0.2) is 0 Å². The third kappa shape index (κ3) is 6.66. The zero-order valence-electron chi connectivity index (χ0n) is 27.8. The minimum absolute atomic E-state index is 0.197. The predicted molar refractivity (Wildman–Crippen MR) is 182 cm³/mol. The quantitative estimate of drug-likeness (QED) is 0.310. The van der Waals surface area contributed by atoms with Crippen LogP contribution in [0.4, 0.5) is 11.6 Å². The summed E-state index contributed by atoms with van der Waals surface area (Å²) in [6.45, 7) is 8.83. The maximum Gasteiger partial charge on any atom is 0.255 e. The number of anilines is 2. The Bertz CT molecular complexity index is 1690. The van der Waals surface area contributed by atoms with Gasteiger partial charge in [-0.15, -0.1) is 0 Å². The van der Waals surface area contributed by atoms with Crippen LogP contribution in [0, 0.1) is 0 Å². The second-order valence-electron chi connectivity index (χ2n) is 14.2. The van der Waals surface area contributed by atoms with Crippen molar-refractivity contribution < 1.29 is 19.5 Å². The first-order valence-electron chi connectivity index (χ1n) is 17.3. The molecule has 0 spiro atoms. The Morgan fingerprint density at radius 3 is 2.56 bits per heavy atom. The summed E-state index contributed by atoms with van der Waals surface area (Å²) >= 11 is 0. The number of carbonyl (C=O) groups is 3. The molecule has 3 aromatic rings. The number of nitrogens with one attached hydrogen (secondary N) is 2. The zero-order chi connectivity index (χ0) is 33.4. The van der Waals surface area contributed by atoms with Crippen molar-refractivity contribution in [2.75, 3.05) is 36.4 Å². The third-order valence-corrected chi connectivity index (χ3v) is 10.5. The fraction of sp³-hybridized carbons (Fsp3) is 0.486. The average Bonchev–Trinajstić information content (AvgIpc) is 3.41. The highest BCUT2D eigenvalue weighted by Gasteiger charge is 2.41. The first-order chi connectivity index (χ1) is 23.1. The molecule has 0 radical (unpaired) electrons. The Morgan fingerprint density at radius 2 is 1.81 bits per heavy atom. The maximum absolute atomic E-state index is 13.1. The number of aliphatic hydroxyl groups is 1. The summed E-state index contributed by atoms with van der Waals surface area (Å²) in [5.41, 5.74) is 4.84. The molecule has 4 aliphatic heterocycles. The molecule has 3 fully saturated rings. The molecule has 1 aromatic heterocycles. The number of amides is 3. The standard InChI is InChI=1S/C37H45N7O4/c1-24(2)27-19-38-36(39-20-27)40-29-6-4-14-43(23-29)30-7-3-5-25(17-30)21-42-15-12-37(48,13-16-42)28-8-9-31-26(18-28)22-44(35(31)47)32-10-11-33(45)41-34(32)46/h3,5,7-9,17-20,24,29,32,48H,4,6,10-16,21-23H2,1-2H3,(H,38,39,40)(H,41,45,46)/t29-,32?/m1/s1. The average molecular weight is 652 g/mol. The fourth-order valence-corrected chi connectivity index (χ4v) is 7.57. The number of aromatic nitrogens is 2. The molecule has 0 aliphatic carbocycles. The summed E-state index contributed by atoms with van der Waals surface area (Å²) in [4.78, 5) is 52.6. The van der Waals surface area contributed by atoms with Gasteiger partial charge < -0.3 is 20.2 Å². The minimum Gasteiger partial charge on any atom is -0.385 e. The number of carbonyl (C=O) groups excluding carboxylic acids is 3. The van der Waals surface area contributed by atoms with E-state index < -0.39 is 17.6 Å². The van der Waals surface area contributed by atoms with Crippen LogP contribution >= 0.6 is 0 Å². The van der Waals surface area contributed by atoms with Crippen LogP contribution in [0.3, 0.4) is 0 Å². The van der Waals surface area contributed by atoms with Gasteiger partial charge in [-0.1, -0.05) is 38.1 Å². The SMILES string of the molecule is CC(C)c1cnc(N[C@@H]2CCCN(c3cccc(CN4CCC(O)(c5ccc6c(c5)CN(C5CCC(=O)NC5=O)C6=O)CC4)c3)C2)nc1. The van der Waals surface area contributed by atoms with E-state index in [0.29, 0.717) is 43.2 Å². The molecular formula is C37H45N7O4. The molecule has 5 heterocycles. The number of piperidine rings is 3. The molecule has 11 nitrogen and oxygen atoms in total. The van der Waals surface area contributed by atoms with Crippen LogP contribution in [0.5, 0.6) is 0 Å². The van der Waals surface area contributed by atoms with E-state index in [9.17, 15) is 19.5 Å². The number of hydrogen-bond donors (Lipinski definition) is 3. The van der Waals surface area contributed by atoms with Crippen molar-refractivity contribution in [3.8, 4) is 0 Å². The second kappa shape index (κ2) is 13.3. The molecule has 48 heavy (non-hydrogen) atoms. The van der Waals surface area contributed by atoms with Crippen molar-refractivity contribution in [1.82, 2.24) is 25.1 Å². The van der Waals surface area contributed by atoms with Crippen LogP contribution in [-0.4, -0.2) is 80.9 Å². The van der Waals surface area contributed by atoms with Crippen LogP contribution in [0.1, 0.15) is 90.9 Å². The second-order valence-corrected chi connectivity index (χ2v) is 14.2. The largest absolute Gasteiger partial charge is 0.385 e. The van der Waals surface area contributed by atoms with Crippen molar-refractivity contribution in [2.45, 2.75) is 89.1 Å². The molecule has 11 heteroatoms. The highest BCUT2D eigenvalue weighted by molar-refractivity contribution is 6.05. The van der Waals surface area contributed by atoms with Gasteiger partial charge in [0.25, 0.3) is 5.91 Å². The number of hydrogen-bond acceptors (Lipinski definition) is 9. The minimum atomic E-state index is -0.979.